The molecule has 3 aromatic rings. The van der Waals surface area contributed by atoms with Gasteiger partial charge in [-0.25, -0.2) is 4.98 Å². The number of nitrogens with zero attached hydrogens (tertiary/aromatic N) is 4. The lowest BCUT2D eigenvalue weighted by molar-refractivity contribution is 0.0725. The van der Waals surface area contributed by atoms with Gasteiger partial charge in [-0.3, -0.25) is 4.79 Å². The Morgan fingerprint density at radius 2 is 1.85 bits per heavy atom. The average molecular weight is 379 g/mol. The van der Waals surface area contributed by atoms with Crippen LogP contribution < -0.4 is 5.32 Å². The van der Waals surface area contributed by atoms with Crippen LogP contribution in [0.4, 0.5) is 5.82 Å². The van der Waals surface area contributed by atoms with Crippen molar-refractivity contribution in [2.75, 3.05) is 18.4 Å². The largest absolute Gasteiger partial charge is 0.363 e. The van der Waals surface area contributed by atoms with Crippen molar-refractivity contribution < 1.29 is 4.79 Å². The fourth-order valence-corrected chi connectivity index (χ4v) is 3.95. The van der Waals surface area contributed by atoms with Crippen LogP contribution >= 0.6 is 11.3 Å². The normalized spacial score (nSPS) is 14.1. The molecule has 0 unspecified atom stereocenters. The van der Waals surface area contributed by atoms with E-state index in [2.05, 4.69) is 20.5 Å². The number of piperidine rings is 1. The molecule has 0 bridgehead atoms. The standard InChI is InChI=1S/C20H21N5OS/c26-20(25-12-5-2-6-13-25)16-10-7-11-21-18(16)22-14-17-23-24-19(27-17)15-8-3-1-4-9-15/h1,3-4,7-11H,2,5-6,12-14H2,(H,21,22). The summed E-state index contributed by atoms with van der Waals surface area (Å²) in [6.45, 7) is 2.13. The summed E-state index contributed by atoms with van der Waals surface area (Å²) in [5.41, 5.74) is 1.67. The predicted octanol–water partition coefficient (Wildman–Crippen LogP) is 3.84. The molecule has 1 N–H and O–H groups in total. The molecular formula is C20H21N5OS. The lowest BCUT2D eigenvalue weighted by Crippen LogP contribution is -2.36. The van der Waals surface area contributed by atoms with Gasteiger partial charge in [0.15, 0.2) is 0 Å². The zero-order chi connectivity index (χ0) is 18.5. The van der Waals surface area contributed by atoms with Crippen LogP contribution in [0.5, 0.6) is 0 Å². The van der Waals surface area contributed by atoms with Gasteiger partial charge in [0, 0.05) is 24.8 Å². The number of hydrogen-bond donors (Lipinski definition) is 1. The van der Waals surface area contributed by atoms with Crippen molar-refractivity contribution in [3.05, 3.63) is 59.2 Å². The molecule has 0 atom stereocenters. The monoisotopic (exact) mass is 379 g/mol. The molecule has 0 radical (unpaired) electrons. The summed E-state index contributed by atoms with van der Waals surface area (Å²) in [7, 11) is 0. The number of rotatable bonds is 5. The Bertz CT molecular complexity index is 906. The minimum Gasteiger partial charge on any atom is -0.363 e. The van der Waals surface area contributed by atoms with E-state index >= 15 is 0 Å². The van der Waals surface area contributed by atoms with Crippen molar-refractivity contribution in [2.24, 2.45) is 0 Å². The van der Waals surface area contributed by atoms with E-state index in [0.717, 1.165) is 41.5 Å². The van der Waals surface area contributed by atoms with Crippen LogP contribution in [0.1, 0.15) is 34.6 Å². The molecule has 1 saturated heterocycles. The molecule has 7 heteroatoms. The number of anilines is 1. The van der Waals surface area contributed by atoms with Crippen molar-refractivity contribution in [2.45, 2.75) is 25.8 Å². The Morgan fingerprint density at radius 3 is 2.67 bits per heavy atom. The van der Waals surface area contributed by atoms with Gasteiger partial charge >= 0.3 is 0 Å². The molecule has 6 nitrogen and oxygen atoms in total. The SMILES string of the molecule is O=C(c1cccnc1NCc1nnc(-c2ccccc2)s1)N1CCCCC1. The molecule has 2 aromatic heterocycles. The summed E-state index contributed by atoms with van der Waals surface area (Å²) in [5, 5.41) is 13.5. The van der Waals surface area contributed by atoms with Gasteiger partial charge in [-0.15, -0.1) is 10.2 Å². The third-order valence-corrected chi connectivity index (χ3v) is 5.55. The Hall–Kier alpha value is -2.80. The summed E-state index contributed by atoms with van der Waals surface area (Å²) in [6, 6.07) is 13.6. The van der Waals surface area contributed by atoms with Gasteiger partial charge in [0.25, 0.3) is 5.91 Å². The topological polar surface area (TPSA) is 71.0 Å². The molecule has 1 amide bonds. The molecule has 3 heterocycles. The van der Waals surface area contributed by atoms with E-state index in [1.807, 2.05) is 41.3 Å². The number of carbonyl (C=O) groups is 1. The molecule has 1 fully saturated rings. The Kier molecular flexibility index (Phi) is 5.39. The highest BCUT2D eigenvalue weighted by Crippen LogP contribution is 2.24. The van der Waals surface area contributed by atoms with Crippen molar-refractivity contribution in [1.29, 1.82) is 0 Å². The van der Waals surface area contributed by atoms with E-state index in [9.17, 15) is 4.79 Å². The van der Waals surface area contributed by atoms with Crippen LogP contribution in [0.15, 0.2) is 48.7 Å². The second-order valence-electron chi connectivity index (χ2n) is 6.47. The minimum absolute atomic E-state index is 0.0486. The number of amides is 1. The maximum Gasteiger partial charge on any atom is 0.257 e. The molecule has 0 aliphatic carbocycles. The van der Waals surface area contributed by atoms with Crippen molar-refractivity contribution in [1.82, 2.24) is 20.1 Å². The number of carbonyl (C=O) groups excluding carboxylic acids is 1. The van der Waals surface area contributed by atoms with Gasteiger partial charge in [0.1, 0.15) is 15.8 Å². The highest BCUT2D eigenvalue weighted by Gasteiger charge is 2.21. The van der Waals surface area contributed by atoms with Gasteiger partial charge in [-0.2, -0.15) is 0 Å². The summed E-state index contributed by atoms with van der Waals surface area (Å²) in [4.78, 5) is 19.1. The first kappa shape index (κ1) is 17.6. The van der Waals surface area contributed by atoms with Gasteiger partial charge in [0.05, 0.1) is 12.1 Å². The van der Waals surface area contributed by atoms with Crippen LogP contribution in [0.3, 0.4) is 0 Å². The summed E-state index contributed by atoms with van der Waals surface area (Å²) in [6.07, 6.45) is 5.04. The summed E-state index contributed by atoms with van der Waals surface area (Å²) in [5.74, 6) is 0.650. The average Bonchev–Trinajstić information content (AvgIpc) is 3.22. The maximum absolute atomic E-state index is 12.8. The summed E-state index contributed by atoms with van der Waals surface area (Å²) >= 11 is 1.54. The smallest absolute Gasteiger partial charge is 0.257 e. The molecular weight excluding hydrogens is 358 g/mol. The molecule has 1 aliphatic rings. The fourth-order valence-electron chi connectivity index (χ4n) is 3.17. The van der Waals surface area contributed by atoms with E-state index in [0.29, 0.717) is 17.9 Å². The van der Waals surface area contributed by atoms with Crippen LogP contribution in [-0.4, -0.2) is 39.1 Å². The Labute approximate surface area is 162 Å². The van der Waals surface area contributed by atoms with Crippen molar-refractivity contribution in [3.63, 3.8) is 0 Å². The Balaban J connectivity index is 1.46. The van der Waals surface area contributed by atoms with Gasteiger partial charge in [-0.05, 0) is 31.4 Å². The zero-order valence-corrected chi connectivity index (χ0v) is 15.8. The maximum atomic E-state index is 12.8. The predicted molar refractivity (Wildman–Crippen MR) is 107 cm³/mol. The molecule has 0 saturated carbocycles. The van der Waals surface area contributed by atoms with E-state index in [1.54, 1.807) is 12.3 Å². The minimum atomic E-state index is 0.0486. The van der Waals surface area contributed by atoms with Crippen molar-refractivity contribution >= 4 is 23.1 Å². The highest BCUT2D eigenvalue weighted by molar-refractivity contribution is 7.14. The highest BCUT2D eigenvalue weighted by atomic mass is 32.1. The van der Waals surface area contributed by atoms with Crippen LogP contribution in [0.25, 0.3) is 10.6 Å². The van der Waals surface area contributed by atoms with Crippen molar-refractivity contribution in [3.8, 4) is 10.6 Å². The second-order valence-corrected chi connectivity index (χ2v) is 7.54. The van der Waals surface area contributed by atoms with E-state index < -0.39 is 0 Å². The molecule has 1 aliphatic heterocycles. The number of aromatic nitrogens is 3. The third kappa shape index (κ3) is 4.14. The molecule has 1 aromatic carbocycles. The van der Waals surface area contributed by atoms with Gasteiger partial charge in [-0.1, -0.05) is 41.7 Å². The van der Waals surface area contributed by atoms with E-state index in [-0.39, 0.29) is 5.91 Å². The first-order valence-corrected chi connectivity index (χ1v) is 9.99. The molecule has 4 rings (SSSR count). The quantitative estimate of drug-likeness (QED) is 0.729. The number of hydrogen-bond acceptors (Lipinski definition) is 6. The number of nitrogens with one attached hydrogen (secondary N) is 1. The lowest BCUT2D eigenvalue weighted by Gasteiger charge is -2.27. The first-order chi connectivity index (χ1) is 13.3. The third-order valence-electron chi connectivity index (χ3n) is 4.58. The number of likely N-dealkylation sites (tertiary alicyclic amines) is 1. The fraction of sp³-hybridized carbons (Fsp3) is 0.300. The first-order valence-electron chi connectivity index (χ1n) is 9.17. The van der Waals surface area contributed by atoms with Gasteiger partial charge < -0.3 is 10.2 Å². The molecule has 27 heavy (non-hydrogen) atoms. The van der Waals surface area contributed by atoms with E-state index in [1.165, 1.54) is 17.8 Å². The molecule has 138 valence electrons. The van der Waals surface area contributed by atoms with Crippen LogP contribution in [0.2, 0.25) is 0 Å². The molecule has 0 spiro atoms. The van der Waals surface area contributed by atoms with E-state index in [4.69, 9.17) is 0 Å². The zero-order valence-electron chi connectivity index (χ0n) is 15.0. The lowest BCUT2D eigenvalue weighted by atomic mass is 10.1. The number of pyridine rings is 1. The summed E-state index contributed by atoms with van der Waals surface area (Å²) < 4.78 is 0. The van der Waals surface area contributed by atoms with Crippen LogP contribution in [-0.2, 0) is 6.54 Å². The Morgan fingerprint density at radius 1 is 1.04 bits per heavy atom. The second kappa shape index (κ2) is 8.26. The van der Waals surface area contributed by atoms with Gasteiger partial charge in [0.2, 0.25) is 0 Å². The van der Waals surface area contributed by atoms with Crippen LogP contribution in [0, 0.1) is 0 Å². The number of benzene rings is 1.